The molecule has 0 saturated carbocycles. The van der Waals surface area contributed by atoms with Crippen molar-refractivity contribution < 1.29 is 13.9 Å². The first-order chi connectivity index (χ1) is 16.4. The van der Waals surface area contributed by atoms with Crippen LogP contribution in [0, 0.1) is 5.82 Å². The van der Waals surface area contributed by atoms with Crippen LogP contribution in [-0.4, -0.2) is 40.3 Å². The number of pyridine rings is 1. The molecule has 1 atom stereocenters. The van der Waals surface area contributed by atoms with E-state index in [4.69, 9.17) is 33.7 Å². The lowest BCUT2D eigenvalue weighted by atomic mass is 10.1. The number of aromatic nitrogens is 3. The number of carbonyl (C=O) groups excluding carboxylic acids is 1. The van der Waals surface area contributed by atoms with Gasteiger partial charge in [0.2, 0.25) is 5.91 Å². The Morgan fingerprint density at radius 3 is 2.82 bits per heavy atom. The zero-order valence-electron chi connectivity index (χ0n) is 18.5. The highest BCUT2D eigenvalue weighted by atomic mass is 35.5. The zero-order chi connectivity index (χ0) is 24.2. The number of nitrogens with zero attached hydrogens (tertiary/aromatic N) is 3. The third kappa shape index (κ3) is 5.33. The summed E-state index contributed by atoms with van der Waals surface area (Å²) in [7, 11) is 0. The van der Waals surface area contributed by atoms with Gasteiger partial charge in [-0.25, -0.2) is 9.37 Å². The fraction of sp³-hybridized carbons (Fsp3) is 0.348. The standard InChI is InChI=1S/C23H25Cl2FN6O2/c1-13(21-17(24)2-3-18(26)22(21)25)34-19-8-14(10-29-23(19)31-20(33)9-27)15-11-30-32(12-15)16-4-6-28-7-5-16/h2-3,8,10-13,16,28H,4-7,9,27H2,1H3,(H,29,31,33)/t13-/m1/s1. The topological polar surface area (TPSA) is 107 Å². The molecule has 1 amide bonds. The first kappa shape index (κ1) is 24.4. The molecular formula is C23H25Cl2FN6O2. The van der Waals surface area contributed by atoms with Crippen molar-refractivity contribution in [1.82, 2.24) is 20.1 Å². The third-order valence-electron chi connectivity index (χ3n) is 5.70. The van der Waals surface area contributed by atoms with E-state index in [2.05, 4.69) is 20.7 Å². The number of nitrogens with one attached hydrogen (secondary N) is 2. The first-order valence-corrected chi connectivity index (χ1v) is 11.7. The van der Waals surface area contributed by atoms with Crippen LogP contribution >= 0.6 is 23.2 Å². The summed E-state index contributed by atoms with van der Waals surface area (Å²) in [5.41, 5.74) is 7.32. The fourth-order valence-electron chi connectivity index (χ4n) is 3.89. The molecule has 0 spiro atoms. The summed E-state index contributed by atoms with van der Waals surface area (Å²) >= 11 is 12.4. The van der Waals surface area contributed by atoms with E-state index >= 15 is 0 Å². The Balaban J connectivity index is 1.66. The molecule has 180 valence electrons. The van der Waals surface area contributed by atoms with Gasteiger partial charge in [-0.1, -0.05) is 23.2 Å². The number of amides is 1. The number of hydrogen-bond donors (Lipinski definition) is 3. The minimum absolute atomic E-state index is 0.125. The van der Waals surface area contributed by atoms with Gasteiger partial charge in [-0.15, -0.1) is 0 Å². The van der Waals surface area contributed by atoms with Gasteiger partial charge < -0.3 is 21.1 Å². The van der Waals surface area contributed by atoms with E-state index in [0.29, 0.717) is 11.6 Å². The summed E-state index contributed by atoms with van der Waals surface area (Å²) < 4.78 is 22.1. The van der Waals surface area contributed by atoms with E-state index in [1.165, 1.54) is 12.1 Å². The molecule has 1 aliphatic rings. The summed E-state index contributed by atoms with van der Waals surface area (Å²) in [6.45, 7) is 3.38. The average Bonchev–Trinajstić information content (AvgIpc) is 3.33. The minimum atomic E-state index is -0.737. The van der Waals surface area contributed by atoms with Crippen molar-refractivity contribution in [2.45, 2.75) is 31.9 Å². The van der Waals surface area contributed by atoms with Gasteiger partial charge in [-0.2, -0.15) is 5.10 Å². The molecule has 0 unspecified atom stereocenters. The number of carbonyl (C=O) groups is 1. The maximum atomic E-state index is 14.1. The van der Waals surface area contributed by atoms with E-state index in [-0.39, 0.29) is 28.2 Å². The van der Waals surface area contributed by atoms with Crippen molar-refractivity contribution in [3.05, 3.63) is 58.2 Å². The predicted molar refractivity (Wildman–Crippen MR) is 130 cm³/mol. The molecule has 3 heterocycles. The predicted octanol–water partition coefficient (Wildman–Crippen LogP) is 4.35. The van der Waals surface area contributed by atoms with Gasteiger partial charge in [-0.05, 0) is 51.1 Å². The number of rotatable bonds is 7. The normalized spacial score (nSPS) is 15.2. The number of ether oxygens (including phenoxy) is 1. The molecule has 1 aromatic carbocycles. The second kappa shape index (κ2) is 10.7. The van der Waals surface area contributed by atoms with Crippen molar-refractivity contribution in [3.8, 4) is 16.9 Å². The quantitative estimate of drug-likeness (QED) is 0.411. The molecule has 0 radical (unpaired) electrons. The van der Waals surface area contributed by atoms with Crippen molar-refractivity contribution in [2.75, 3.05) is 25.0 Å². The number of anilines is 1. The highest BCUT2D eigenvalue weighted by Gasteiger charge is 2.22. The zero-order valence-corrected chi connectivity index (χ0v) is 20.0. The first-order valence-electron chi connectivity index (χ1n) is 10.9. The number of benzene rings is 1. The van der Waals surface area contributed by atoms with Crippen LogP contribution < -0.4 is 21.1 Å². The van der Waals surface area contributed by atoms with Crippen molar-refractivity contribution >= 4 is 34.9 Å². The molecular weight excluding hydrogens is 482 g/mol. The Kier molecular flexibility index (Phi) is 7.67. The molecule has 1 aliphatic heterocycles. The van der Waals surface area contributed by atoms with E-state index in [1.54, 1.807) is 25.4 Å². The second-order valence-electron chi connectivity index (χ2n) is 8.03. The van der Waals surface area contributed by atoms with Crippen molar-refractivity contribution in [2.24, 2.45) is 5.73 Å². The number of piperidine rings is 1. The molecule has 1 saturated heterocycles. The Labute approximate surface area is 206 Å². The summed E-state index contributed by atoms with van der Waals surface area (Å²) in [5, 5.41) is 10.6. The molecule has 11 heteroatoms. The molecule has 1 fully saturated rings. The van der Waals surface area contributed by atoms with Crippen LogP contribution in [0.2, 0.25) is 10.0 Å². The van der Waals surface area contributed by atoms with Gasteiger partial charge >= 0.3 is 0 Å². The van der Waals surface area contributed by atoms with Crippen LogP contribution in [0.4, 0.5) is 10.2 Å². The molecule has 34 heavy (non-hydrogen) atoms. The smallest absolute Gasteiger partial charge is 0.239 e. The molecule has 3 aromatic rings. The average molecular weight is 507 g/mol. The Morgan fingerprint density at radius 1 is 1.32 bits per heavy atom. The van der Waals surface area contributed by atoms with Gasteiger partial charge in [0, 0.05) is 34.1 Å². The molecule has 0 aliphatic carbocycles. The van der Waals surface area contributed by atoms with Crippen molar-refractivity contribution in [3.63, 3.8) is 0 Å². The number of hydrogen-bond acceptors (Lipinski definition) is 6. The lowest BCUT2D eigenvalue weighted by molar-refractivity contribution is -0.114. The summed E-state index contributed by atoms with van der Waals surface area (Å²) in [5.74, 6) is -0.595. The van der Waals surface area contributed by atoms with E-state index in [0.717, 1.165) is 37.1 Å². The van der Waals surface area contributed by atoms with Crippen LogP contribution in [-0.2, 0) is 4.79 Å². The van der Waals surface area contributed by atoms with E-state index in [1.807, 2.05) is 10.9 Å². The Morgan fingerprint density at radius 2 is 2.09 bits per heavy atom. The highest BCUT2D eigenvalue weighted by molar-refractivity contribution is 6.36. The molecule has 0 bridgehead atoms. The SMILES string of the molecule is C[C@@H](Oc1cc(-c2cnn(C3CCNCC3)c2)cnc1NC(=O)CN)c1c(Cl)ccc(F)c1Cl. The van der Waals surface area contributed by atoms with Gasteiger partial charge in [0.1, 0.15) is 11.9 Å². The largest absolute Gasteiger partial charge is 0.482 e. The van der Waals surface area contributed by atoms with E-state index < -0.39 is 17.8 Å². The van der Waals surface area contributed by atoms with Gasteiger partial charge in [0.05, 0.1) is 23.8 Å². The molecule has 8 nitrogen and oxygen atoms in total. The monoisotopic (exact) mass is 506 g/mol. The van der Waals surface area contributed by atoms with Gasteiger partial charge in [-0.3, -0.25) is 9.48 Å². The van der Waals surface area contributed by atoms with E-state index in [9.17, 15) is 9.18 Å². The van der Waals surface area contributed by atoms with Gasteiger partial charge in [0.15, 0.2) is 11.6 Å². The molecule has 4 rings (SSSR count). The maximum absolute atomic E-state index is 14.1. The Hall–Kier alpha value is -2.72. The highest BCUT2D eigenvalue weighted by Crippen LogP contribution is 2.37. The van der Waals surface area contributed by atoms with Crippen LogP contribution in [0.5, 0.6) is 5.75 Å². The van der Waals surface area contributed by atoms with Crippen LogP contribution in [0.1, 0.15) is 37.5 Å². The summed E-state index contributed by atoms with van der Waals surface area (Å²) in [4.78, 5) is 16.3. The third-order valence-corrected chi connectivity index (χ3v) is 6.42. The van der Waals surface area contributed by atoms with Gasteiger partial charge in [0.25, 0.3) is 0 Å². The lowest BCUT2D eigenvalue weighted by Gasteiger charge is -2.22. The summed E-state index contributed by atoms with van der Waals surface area (Å²) in [6, 6.07) is 4.68. The van der Waals surface area contributed by atoms with Crippen LogP contribution in [0.15, 0.2) is 36.8 Å². The fourth-order valence-corrected chi connectivity index (χ4v) is 4.57. The second-order valence-corrected chi connectivity index (χ2v) is 8.82. The van der Waals surface area contributed by atoms with Crippen molar-refractivity contribution in [1.29, 1.82) is 0 Å². The number of halogens is 3. The minimum Gasteiger partial charge on any atom is -0.482 e. The Bertz CT molecular complexity index is 1180. The molecule has 4 N–H and O–H groups in total. The van der Waals surface area contributed by atoms with Crippen LogP contribution in [0.25, 0.3) is 11.1 Å². The number of nitrogens with two attached hydrogens (primary N) is 1. The summed E-state index contributed by atoms with van der Waals surface area (Å²) in [6.07, 6.45) is 6.63. The van der Waals surface area contributed by atoms with Crippen LogP contribution in [0.3, 0.4) is 0 Å². The molecule has 2 aromatic heterocycles. The maximum Gasteiger partial charge on any atom is 0.239 e. The lowest BCUT2D eigenvalue weighted by Crippen LogP contribution is -2.29.